The van der Waals surface area contributed by atoms with Gasteiger partial charge in [0.1, 0.15) is 5.60 Å². The van der Waals surface area contributed by atoms with Gasteiger partial charge in [0.25, 0.3) is 0 Å². The normalized spacial score (nSPS) is 29.5. The lowest BCUT2D eigenvalue weighted by Crippen LogP contribution is -2.58. The Hall–Kier alpha value is -0.730. The average Bonchev–Trinajstić information content (AvgIpc) is 2.81. The van der Waals surface area contributed by atoms with Crippen molar-refractivity contribution in [2.75, 3.05) is 13.1 Å². The molecule has 1 saturated heterocycles. The second-order valence-corrected chi connectivity index (χ2v) is 8.74. The van der Waals surface area contributed by atoms with Crippen LogP contribution < -0.4 is 0 Å². The van der Waals surface area contributed by atoms with Gasteiger partial charge in [-0.1, -0.05) is 32.1 Å². The predicted molar refractivity (Wildman–Crippen MR) is 84.2 cm³/mol. The molecule has 2 aliphatic carbocycles. The molecule has 2 saturated carbocycles. The van der Waals surface area contributed by atoms with Gasteiger partial charge in [0, 0.05) is 18.5 Å². The number of hydrogen-bond donors (Lipinski definition) is 0. The predicted octanol–water partition coefficient (Wildman–Crippen LogP) is 4.60. The van der Waals surface area contributed by atoms with E-state index in [1.165, 1.54) is 51.4 Å². The standard InChI is InChI=1S/C18H31NO2/c1-17(2,3)21-16(20)19-12-18(13-19)10-9-15(11-18)14-7-5-4-6-8-14/h14-15H,4-13H2,1-3H3. The summed E-state index contributed by atoms with van der Waals surface area (Å²) >= 11 is 0. The van der Waals surface area contributed by atoms with Gasteiger partial charge in [-0.3, -0.25) is 0 Å². The number of amides is 1. The lowest BCUT2D eigenvalue weighted by Gasteiger charge is -2.48. The first-order chi connectivity index (χ1) is 9.87. The summed E-state index contributed by atoms with van der Waals surface area (Å²) in [4.78, 5) is 14.0. The third-order valence-corrected chi connectivity index (χ3v) is 5.76. The van der Waals surface area contributed by atoms with Crippen LogP contribution in [0.3, 0.4) is 0 Å². The van der Waals surface area contributed by atoms with Gasteiger partial charge in [-0.2, -0.15) is 0 Å². The highest BCUT2D eigenvalue weighted by molar-refractivity contribution is 5.69. The number of ether oxygens (including phenoxy) is 1. The van der Waals surface area contributed by atoms with E-state index in [0.717, 1.165) is 24.9 Å². The zero-order chi connectivity index (χ0) is 15.1. The molecule has 1 spiro atoms. The van der Waals surface area contributed by atoms with Crippen LogP contribution in [0, 0.1) is 17.3 Å². The number of carbonyl (C=O) groups is 1. The molecule has 3 rings (SSSR count). The smallest absolute Gasteiger partial charge is 0.410 e. The van der Waals surface area contributed by atoms with E-state index in [-0.39, 0.29) is 11.7 Å². The Kier molecular flexibility index (Phi) is 3.96. The highest BCUT2D eigenvalue weighted by Gasteiger charge is 2.51. The Morgan fingerprint density at radius 1 is 1.05 bits per heavy atom. The highest BCUT2D eigenvalue weighted by Crippen LogP contribution is 2.52. The molecule has 21 heavy (non-hydrogen) atoms. The van der Waals surface area contributed by atoms with Crippen LogP contribution in [0.1, 0.15) is 72.1 Å². The van der Waals surface area contributed by atoms with Gasteiger partial charge >= 0.3 is 6.09 Å². The monoisotopic (exact) mass is 293 g/mol. The number of hydrogen-bond acceptors (Lipinski definition) is 2. The Morgan fingerprint density at radius 3 is 2.33 bits per heavy atom. The zero-order valence-corrected chi connectivity index (χ0v) is 14.0. The van der Waals surface area contributed by atoms with Gasteiger partial charge in [-0.05, 0) is 51.9 Å². The van der Waals surface area contributed by atoms with Crippen molar-refractivity contribution in [1.82, 2.24) is 4.90 Å². The minimum atomic E-state index is -0.375. The minimum absolute atomic E-state index is 0.116. The van der Waals surface area contributed by atoms with Crippen molar-refractivity contribution in [1.29, 1.82) is 0 Å². The fourth-order valence-electron chi connectivity index (χ4n) is 4.77. The first-order valence-corrected chi connectivity index (χ1v) is 8.85. The van der Waals surface area contributed by atoms with Crippen LogP contribution in [0.5, 0.6) is 0 Å². The van der Waals surface area contributed by atoms with Gasteiger partial charge in [0.15, 0.2) is 0 Å². The topological polar surface area (TPSA) is 29.5 Å². The van der Waals surface area contributed by atoms with Crippen molar-refractivity contribution in [2.24, 2.45) is 17.3 Å². The van der Waals surface area contributed by atoms with Crippen LogP contribution >= 0.6 is 0 Å². The Bertz CT molecular complexity index is 387. The molecule has 1 atom stereocenters. The molecule has 1 heterocycles. The first-order valence-electron chi connectivity index (χ1n) is 8.85. The second-order valence-electron chi connectivity index (χ2n) is 8.74. The average molecular weight is 293 g/mol. The third-order valence-electron chi connectivity index (χ3n) is 5.76. The highest BCUT2D eigenvalue weighted by atomic mass is 16.6. The molecule has 3 nitrogen and oxygen atoms in total. The van der Waals surface area contributed by atoms with Gasteiger partial charge in [0.2, 0.25) is 0 Å². The Labute approximate surface area is 129 Å². The molecule has 3 aliphatic rings. The molecule has 0 aromatic carbocycles. The van der Waals surface area contributed by atoms with Crippen molar-refractivity contribution < 1.29 is 9.53 Å². The maximum Gasteiger partial charge on any atom is 0.410 e. The molecule has 120 valence electrons. The largest absolute Gasteiger partial charge is 0.444 e. The summed E-state index contributed by atoms with van der Waals surface area (Å²) < 4.78 is 5.47. The number of rotatable bonds is 1. The lowest BCUT2D eigenvalue weighted by atomic mass is 9.74. The number of carbonyl (C=O) groups excluding carboxylic acids is 1. The number of likely N-dealkylation sites (tertiary alicyclic amines) is 1. The zero-order valence-electron chi connectivity index (χ0n) is 14.0. The first kappa shape index (κ1) is 15.2. The quantitative estimate of drug-likeness (QED) is 0.707. The van der Waals surface area contributed by atoms with Gasteiger partial charge in [-0.15, -0.1) is 0 Å². The summed E-state index contributed by atoms with van der Waals surface area (Å²) in [6, 6.07) is 0. The van der Waals surface area contributed by atoms with Crippen LogP contribution in [-0.4, -0.2) is 29.7 Å². The molecule has 3 fully saturated rings. The summed E-state index contributed by atoms with van der Waals surface area (Å²) in [5.41, 5.74) is 0.0686. The van der Waals surface area contributed by atoms with E-state index in [1.807, 2.05) is 25.7 Å². The number of nitrogens with zero attached hydrogens (tertiary/aromatic N) is 1. The van der Waals surface area contributed by atoms with Crippen molar-refractivity contribution in [3.05, 3.63) is 0 Å². The minimum Gasteiger partial charge on any atom is -0.444 e. The van der Waals surface area contributed by atoms with Crippen LogP contribution in [0.25, 0.3) is 0 Å². The van der Waals surface area contributed by atoms with E-state index in [0.29, 0.717) is 5.41 Å². The van der Waals surface area contributed by atoms with E-state index in [4.69, 9.17) is 4.74 Å². The van der Waals surface area contributed by atoms with E-state index >= 15 is 0 Å². The summed E-state index contributed by atoms with van der Waals surface area (Å²) in [7, 11) is 0. The van der Waals surface area contributed by atoms with Gasteiger partial charge in [0.05, 0.1) is 0 Å². The molecular weight excluding hydrogens is 262 g/mol. The molecule has 0 radical (unpaired) electrons. The van der Waals surface area contributed by atoms with Crippen LogP contribution in [0.15, 0.2) is 0 Å². The van der Waals surface area contributed by atoms with E-state index in [2.05, 4.69) is 0 Å². The molecule has 1 amide bonds. The molecule has 3 heteroatoms. The molecular formula is C18H31NO2. The van der Waals surface area contributed by atoms with E-state index in [9.17, 15) is 4.79 Å². The van der Waals surface area contributed by atoms with Crippen LogP contribution in [-0.2, 0) is 4.74 Å². The molecule has 1 unspecified atom stereocenters. The van der Waals surface area contributed by atoms with Gasteiger partial charge < -0.3 is 9.64 Å². The third kappa shape index (κ3) is 3.37. The summed E-state index contributed by atoms with van der Waals surface area (Å²) in [5, 5.41) is 0. The lowest BCUT2D eigenvalue weighted by molar-refractivity contribution is -0.0343. The second kappa shape index (κ2) is 5.48. The SMILES string of the molecule is CC(C)(C)OC(=O)N1CC2(CCC(C3CCCCC3)C2)C1. The molecule has 1 aliphatic heterocycles. The van der Waals surface area contributed by atoms with Crippen molar-refractivity contribution >= 4 is 6.09 Å². The molecule has 0 aromatic rings. The summed E-state index contributed by atoms with van der Waals surface area (Å²) in [6.07, 6.45) is 11.2. The van der Waals surface area contributed by atoms with Crippen molar-refractivity contribution in [3.8, 4) is 0 Å². The molecule has 0 bridgehead atoms. The molecule has 0 N–H and O–H groups in total. The maximum atomic E-state index is 12.1. The van der Waals surface area contributed by atoms with Crippen molar-refractivity contribution in [3.63, 3.8) is 0 Å². The van der Waals surface area contributed by atoms with Gasteiger partial charge in [-0.25, -0.2) is 4.79 Å². The van der Waals surface area contributed by atoms with Crippen LogP contribution in [0.2, 0.25) is 0 Å². The maximum absolute atomic E-state index is 12.1. The molecule has 0 aromatic heterocycles. The Morgan fingerprint density at radius 2 is 1.71 bits per heavy atom. The Balaban J connectivity index is 1.48. The van der Waals surface area contributed by atoms with E-state index in [1.54, 1.807) is 0 Å². The summed E-state index contributed by atoms with van der Waals surface area (Å²) in [5.74, 6) is 1.92. The van der Waals surface area contributed by atoms with E-state index < -0.39 is 0 Å². The summed E-state index contributed by atoms with van der Waals surface area (Å²) in [6.45, 7) is 7.69. The fraction of sp³-hybridized carbons (Fsp3) is 0.944. The fourth-order valence-corrected chi connectivity index (χ4v) is 4.77. The van der Waals surface area contributed by atoms with Crippen LogP contribution in [0.4, 0.5) is 4.79 Å². The van der Waals surface area contributed by atoms with Crippen molar-refractivity contribution in [2.45, 2.75) is 77.7 Å².